The van der Waals surface area contributed by atoms with Gasteiger partial charge in [-0.1, -0.05) is 23.5 Å². The maximum atomic E-state index is 5.67. The average Bonchev–Trinajstić information content (AvgIpc) is 2.78. The second-order valence-electron chi connectivity index (χ2n) is 3.17. The quantitative estimate of drug-likeness (QED) is 0.626. The van der Waals surface area contributed by atoms with Crippen molar-refractivity contribution in [2.75, 3.05) is 12.1 Å². The fourth-order valence-corrected chi connectivity index (χ4v) is 2.83. The monoisotopic (exact) mass is 270 g/mol. The lowest BCUT2D eigenvalue weighted by Crippen LogP contribution is -1.83. The van der Waals surface area contributed by atoms with Gasteiger partial charge in [0.15, 0.2) is 0 Å². The molecule has 2 rings (SSSR count). The first-order valence-electron chi connectivity index (χ1n) is 4.86. The van der Waals surface area contributed by atoms with Gasteiger partial charge in [0.1, 0.15) is 10.0 Å². The summed E-state index contributed by atoms with van der Waals surface area (Å²) >= 11 is 9.01. The van der Waals surface area contributed by atoms with Crippen LogP contribution in [0.5, 0.6) is 0 Å². The number of benzene rings is 1. The molecule has 0 unspecified atom stereocenters. The van der Waals surface area contributed by atoms with Crippen LogP contribution in [-0.4, -0.2) is 22.3 Å². The third-order valence-corrected chi connectivity index (χ3v) is 4.08. The molecule has 0 radical (unpaired) electrons. The largest absolute Gasteiger partial charge is 0.147 e. The van der Waals surface area contributed by atoms with E-state index < -0.39 is 0 Å². The predicted molar refractivity (Wildman–Crippen MR) is 71.6 cm³/mol. The van der Waals surface area contributed by atoms with E-state index >= 15 is 0 Å². The van der Waals surface area contributed by atoms with E-state index in [1.807, 2.05) is 0 Å². The zero-order valence-electron chi connectivity index (χ0n) is 8.81. The fraction of sp³-hybridized carbons (Fsp3) is 0.273. The minimum absolute atomic E-state index is 0.597. The van der Waals surface area contributed by atoms with Gasteiger partial charge >= 0.3 is 0 Å². The molecule has 2 aromatic rings. The van der Waals surface area contributed by atoms with Gasteiger partial charge in [-0.2, -0.15) is 0 Å². The first-order valence-corrected chi connectivity index (χ1v) is 7.44. The highest BCUT2D eigenvalue weighted by Gasteiger charge is 2.05. The molecule has 0 saturated heterocycles. The minimum atomic E-state index is 0.597. The summed E-state index contributed by atoms with van der Waals surface area (Å²) in [6.45, 7) is 0. The van der Waals surface area contributed by atoms with E-state index in [2.05, 4.69) is 40.7 Å². The molecule has 84 valence electrons. The Hall–Kier alpha value is -0.580. The van der Waals surface area contributed by atoms with Crippen molar-refractivity contribution in [3.8, 4) is 10.6 Å². The first-order chi connectivity index (χ1) is 7.83. The van der Waals surface area contributed by atoms with Gasteiger partial charge in [-0.3, -0.25) is 0 Å². The van der Waals surface area contributed by atoms with E-state index in [1.54, 1.807) is 23.1 Å². The Bertz CT molecular complexity index is 453. The standard InChI is InChI=1S/C11H11ClN2S2/c1-15-9-4-2-8(3-5-9)11-14-13-10(16-11)6-7-12/h2-5H,6-7H2,1H3. The Morgan fingerprint density at radius 3 is 2.62 bits per heavy atom. The highest BCUT2D eigenvalue weighted by molar-refractivity contribution is 7.98. The highest BCUT2D eigenvalue weighted by atomic mass is 35.5. The molecule has 0 bridgehead atoms. The molecule has 0 saturated carbocycles. The lowest BCUT2D eigenvalue weighted by atomic mass is 10.2. The second kappa shape index (κ2) is 5.66. The van der Waals surface area contributed by atoms with Gasteiger partial charge in [-0.05, 0) is 18.4 Å². The van der Waals surface area contributed by atoms with Crippen LogP contribution in [0.15, 0.2) is 29.2 Å². The number of halogens is 1. The van der Waals surface area contributed by atoms with Crippen molar-refractivity contribution in [3.63, 3.8) is 0 Å². The summed E-state index contributed by atoms with van der Waals surface area (Å²) in [6, 6.07) is 8.36. The summed E-state index contributed by atoms with van der Waals surface area (Å²) in [6.07, 6.45) is 2.86. The zero-order valence-corrected chi connectivity index (χ0v) is 11.2. The summed E-state index contributed by atoms with van der Waals surface area (Å²) in [5.41, 5.74) is 1.12. The second-order valence-corrected chi connectivity index (χ2v) is 5.49. The average molecular weight is 271 g/mol. The van der Waals surface area contributed by atoms with E-state index in [1.165, 1.54) is 4.90 Å². The Balaban J connectivity index is 2.21. The summed E-state index contributed by atoms with van der Waals surface area (Å²) in [5, 5.41) is 10.2. The summed E-state index contributed by atoms with van der Waals surface area (Å²) in [5.74, 6) is 0.597. The van der Waals surface area contributed by atoms with Gasteiger partial charge in [0.2, 0.25) is 0 Å². The molecule has 16 heavy (non-hydrogen) atoms. The van der Waals surface area contributed by atoms with Crippen LogP contribution in [0.3, 0.4) is 0 Å². The molecule has 5 heteroatoms. The number of nitrogens with zero attached hydrogens (tertiary/aromatic N) is 2. The van der Waals surface area contributed by atoms with Gasteiger partial charge in [0.25, 0.3) is 0 Å². The van der Waals surface area contributed by atoms with Crippen LogP contribution in [-0.2, 0) is 6.42 Å². The molecular formula is C11H11ClN2S2. The molecule has 0 aliphatic carbocycles. The van der Waals surface area contributed by atoms with E-state index in [0.717, 1.165) is 22.0 Å². The topological polar surface area (TPSA) is 25.8 Å². The SMILES string of the molecule is CSc1ccc(-c2nnc(CCCl)s2)cc1. The van der Waals surface area contributed by atoms with Crippen LogP contribution in [0.1, 0.15) is 5.01 Å². The van der Waals surface area contributed by atoms with Gasteiger partial charge in [0.05, 0.1) is 0 Å². The Morgan fingerprint density at radius 2 is 2.00 bits per heavy atom. The molecule has 2 nitrogen and oxygen atoms in total. The molecule has 0 aliphatic rings. The number of hydrogen-bond acceptors (Lipinski definition) is 4. The molecule has 1 aromatic heterocycles. The Labute approximate surface area is 108 Å². The fourth-order valence-electron chi connectivity index (χ4n) is 1.29. The van der Waals surface area contributed by atoms with E-state index in [-0.39, 0.29) is 0 Å². The van der Waals surface area contributed by atoms with Crippen molar-refractivity contribution in [3.05, 3.63) is 29.3 Å². The lowest BCUT2D eigenvalue weighted by Gasteiger charge is -1.97. The molecule has 0 atom stereocenters. The van der Waals surface area contributed by atoms with Crippen LogP contribution in [0, 0.1) is 0 Å². The number of aryl methyl sites for hydroxylation is 1. The molecule has 1 aromatic carbocycles. The minimum Gasteiger partial charge on any atom is -0.143 e. The summed E-state index contributed by atoms with van der Waals surface area (Å²) < 4.78 is 0. The molecule has 0 fully saturated rings. The van der Waals surface area contributed by atoms with Crippen molar-refractivity contribution in [2.24, 2.45) is 0 Å². The number of rotatable bonds is 4. The van der Waals surface area contributed by atoms with Crippen molar-refractivity contribution >= 4 is 34.7 Å². The van der Waals surface area contributed by atoms with E-state index in [9.17, 15) is 0 Å². The van der Waals surface area contributed by atoms with Gasteiger partial charge < -0.3 is 0 Å². The Kier molecular flexibility index (Phi) is 4.21. The number of thioether (sulfide) groups is 1. The van der Waals surface area contributed by atoms with Crippen molar-refractivity contribution < 1.29 is 0 Å². The molecule has 0 N–H and O–H groups in total. The summed E-state index contributed by atoms with van der Waals surface area (Å²) in [7, 11) is 0. The number of aromatic nitrogens is 2. The van der Waals surface area contributed by atoms with Crippen LogP contribution in [0.2, 0.25) is 0 Å². The summed E-state index contributed by atoms with van der Waals surface area (Å²) in [4.78, 5) is 1.26. The van der Waals surface area contributed by atoms with Gasteiger partial charge in [0, 0.05) is 22.8 Å². The van der Waals surface area contributed by atoms with E-state index in [0.29, 0.717) is 5.88 Å². The molecule has 0 spiro atoms. The third-order valence-electron chi connectivity index (χ3n) is 2.11. The van der Waals surface area contributed by atoms with Crippen molar-refractivity contribution in [1.29, 1.82) is 0 Å². The third kappa shape index (κ3) is 2.75. The highest BCUT2D eigenvalue weighted by Crippen LogP contribution is 2.25. The van der Waals surface area contributed by atoms with Crippen LogP contribution in [0.25, 0.3) is 10.6 Å². The lowest BCUT2D eigenvalue weighted by molar-refractivity contribution is 0.990. The smallest absolute Gasteiger partial charge is 0.143 e. The molecular weight excluding hydrogens is 260 g/mol. The molecule has 0 aliphatic heterocycles. The van der Waals surface area contributed by atoms with Crippen LogP contribution >= 0.6 is 34.7 Å². The maximum absolute atomic E-state index is 5.67. The van der Waals surface area contributed by atoms with Crippen LogP contribution < -0.4 is 0 Å². The normalized spacial score (nSPS) is 10.6. The zero-order chi connectivity index (χ0) is 11.4. The molecule has 0 amide bonds. The first kappa shape index (κ1) is 11.9. The molecule has 1 heterocycles. The van der Waals surface area contributed by atoms with Gasteiger partial charge in [-0.15, -0.1) is 33.6 Å². The predicted octanol–water partition coefficient (Wildman–Crippen LogP) is 3.71. The number of hydrogen-bond donors (Lipinski definition) is 0. The van der Waals surface area contributed by atoms with Crippen molar-refractivity contribution in [2.45, 2.75) is 11.3 Å². The number of alkyl halides is 1. The Morgan fingerprint density at radius 1 is 1.25 bits per heavy atom. The van der Waals surface area contributed by atoms with E-state index in [4.69, 9.17) is 11.6 Å². The van der Waals surface area contributed by atoms with Crippen LogP contribution in [0.4, 0.5) is 0 Å². The van der Waals surface area contributed by atoms with Gasteiger partial charge in [-0.25, -0.2) is 0 Å². The maximum Gasteiger partial charge on any atom is 0.147 e. The van der Waals surface area contributed by atoms with Crippen molar-refractivity contribution in [1.82, 2.24) is 10.2 Å².